The third kappa shape index (κ3) is 5.86. The Morgan fingerprint density at radius 2 is 1.83 bits per heavy atom. The molecule has 2 aromatic rings. The molecule has 4 heterocycles. The van der Waals surface area contributed by atoms with Crippen molar-refractivity contribution in [3.8, 4) is 11.8 Å². The Bertz CT molecular complexity index is 1120. The van der Waals surface area contributed by atoms with Crippen LogP contribution in [-0.2, 0) is 14.8 Å². The summed E-state index contributed by atoms with van der Waals surface area (Å²) in [7, 11) is -0.606. The van der Waals surface area contributed by atoms with Crippen molar-refractivity contribution in [1.29, 1.82) is 0 Å². The predicted molar refractivity (Wildman–Crippen MR) is 136 cm³/mol. The quantitative estimate of drug-likeness (QED) is 0.487. The van der Waals surface area contributed by atoms with Crippen LogP contribution in [0.3, 0.4) is 0 Å². The molecule has 36 heavy (non-hydrogen) atoms. The van der Waals surface area contributed by atoms with Crippen molar-refractivity contribution in [2.75, 3.05) is 33.1 Å². The number of nitrogens with zero attached hydrogens (tertiary/aromatic N) is 5. The summed E-state index contributed by atoms with van der Waals surface area (Å²) < 4.78 is 43.6. The summed E-state index contributed by atoms with van der Waals surface area (Å²) in [4.78, 5) is 19.7. The summed E-state index contributed by atoms with van der Waals surface area (Å²) in [5, 5.41) is 1.46. The summed E-state index contributed by atoms with van der Waals surface area (Å²) >= 11 is 7.62. The summed E-state index contributed by atoms with van der Waals surface area (Å²) in [6.45, 7) is 4.60. The fourth-order valence-corrected chi connectivity index (χ4v) is 7.43. The molecule has 1 N–H and O–H groups in total. The van der Waals surface area contributed by atoms with Gasteiger partial charge in [-0.1, -0.05) is 18.5 Å². The molecule has 2 saturated heterocycles. The zero-order chi connectivity index (χ0) is 25.9. The van der Waals surface area contributed by atoms with Crippen LogP contribution >= 0.6 is 23.4 Å². The number of rotatable bonds is 9. The minimum absolute atomic E-state index is 0.0397. The van der Waals surface area contributed by atoms with Gasteiger partial charge in [0, 0.05) is 37.2 Å². The second kappa shape index (κ2) is 11.7. The lowest BCUT2D eigenvalue weighted by Crippen LogP contribution is -2.51. The largest absolute Gasteiger partial charge is 0.481 e. The van der Waals surface area contributed by atoms with Crippen molar-refractivity contribution < 1.29 is 22.6 Å². The van der Waals surface area contributed by atoms with Crippen LogP contribution in [0.25, 0.3) is 0 Å². The first kappa shape index (κ1) is 27.3. The van der Waals surface area contributed by atoms with Crippen molar-refractivity contribution in [2.45, 2.75) is 49.3 Å². The van der Waals surface area contributed by atoms with E-state index in [2.05, 4.69) is 24.8 Å². The van der Waals surface area contributed by atoms with Crippen molar-refractivity contribution >= 4 is 33.4 Å². The molecule has 5 atom stereocenters. The fraction of sp³-hybridized carbons (Fsp3) is 0.636. The van der Waals surface area contributed by atoms with Crippen LogP contribution < -0.4 is 14.3 Å². The average Bonchev–Trinajstić information content (AvgIpc) is 3.35. The average molecular weight is 559 g/mol. The first-order valence-corrected chi connectivity index (χ1v) is 14.6. The number of nitrogens with one attached hydrogen (secondary N) is 1. The Morgan fingerprint density at radius 3 is 2.47 bits per heavy atom. The fourth-order valence-electron chi connectivity index (χ4n) is 4.51. The molecule has 14 heteroatoms. The molecule has 0 saturated carbocycles. The maximum atomic E-state index is 13.3. The number of thioether (sulfide) groups is 1. The van der Waals surface area contributed by atoms with Crippen molar-refractivity contribution in [2.24, 2.45) is 5.92 Å². The maximum Gasteiger partial charge on any atom is 0.227 e. The monoisotopic (exact) mass is 558 g/mol. The molecular weight excluding hydrogens is 528 g/mol. The van der Waals surface area contributed by atoms with Crippen molar-refractivity contribution in [1.82, 2.24) is 29.8 Å². The lowest BCUT2D eigenvalue weighted by atomic mass is 9.92. The molecule has 2 fully saturated rings. The van der Waals surface area contributed by atoms with Gasteiger partial charge in [0.25, 0.3) is 0 Å². The normalized spacial score (nSPS) is 24.9. The van der Waals surface area contributed by atoms with Gasteiger partial charge in [0.1, 0.15) is 17.7 Å². The Hall–Kier alpha value is -1.77. The van der Waals surface area contributed by atoms with Gasteiger partial charge in [-0.25, -0.2) is 33.4 Å². The molecule has 0 amide bonds. The van der Waals surface area contributed by atoms with Crippen molar-refractivity contribution in [3.63, 3.8) is 0 Å². The Kier molecular flexibility index (Phi) is 8.89. The van der Waals surface area contributed by atoms with Gasteiger partial charge in [-0.3, -0.25) is 0 Å². The number of aromatic nitrogens is 4. The van der Waals surface area contributed by atoms with E-state index in [-0.39, 0.29) is 17.4 Å². The van der Waals surface area contributed by atoms with Gasteiger partial charge in [0.05, 0.1) is 36.0 Å². The number of methoxy groups -OCH3 is 2. The summed E-state index contributed by atoms with van der Waals surface area (Å²) in [5.41, 5.74) is 0.674. The second-order valence-electron chi connectivity index (χ2n) is 8.79. The molecule has 0 aromatic carbocycles. The smallest absolute Gasteiger partial charge is 0.227 e. The van der Waals surface area contributed by atoms with Crippen LogP contribution in [0.4, 0.5) is 0 Å². The molecule has 2 aliphatic heterocycles. The van der Waals surface area contributed by atoms with E-state index in [0.29, 0.717) is 47.7 Å². The third-order valence-corrected chi connectivity index (χ3v) is 10.1. The Labute approximate surface area is 220 Å². The molecular formula is C22H31ClN6O5S2. The standard InChI is InChI=1S/C22H31ClN6O5S2/c1-13(19-24-10-16(23)11-25-19)14(2)36(30,31)28-29-6-8-35-22(29)15-5-7-34-17(9-15)18-20(32-3)26-12-27-21(18)33-4/h10-15,17,22,28H,5-9H2,1-4H3/t13-,14-,15?,17-,22?/m0/s1. The summed E-state index contributed by atoms with van der Waals surface area (Å²) in [6, 6.07) is 0. The number of halogens is 1. The van der Waals surface area contributed by atoms with E-state index in [1.54, 1.807) is 39.8 Å². The highest BCUT2D eigenvalue weighted by Gasteiger charge is 2.41. The van der Waals surface area contributed by atoms with Crippen LogP contribution in [0.5, 0.6) is 11.8 Å². The highest BCUT2D eigenvalue weighted by Crippen LogP contribution is 2.44. The molecule has 0 radical (unpaired) electrons. The van der Waals surface area contributed by atoms with Crippen LogP contribution in [0.2, 0.25) is 5.02 Å². The molecule has 2 aliphatic rings. The van der Waals surface area contributed by atoms with E-state index in [9.17, 15) is 8.42 Å². The molecule has 0 bridgehead atoms. The van der Waals surface area contributed by atoms with E-state index in [1.165, 1.54) is 18.7 Å². The van der Waals surface area contributed by atoms with Gasteiger partial charge in [0.15, 0.2) is 0 Å². The third-order valence-electron chi connectivity index (χ3n) is 6.66. The maximum absolute atomic E-state index is 13.3. The molecule has 198 valence electrons. The number of hydrogen-bond donors (Lipinski definition) is 1. The number of sulfonamides is 1. The summed E-state index contributed by atoms with van der Waals surface area (Å²) in [6.07, 6.45) is 5.47. The predicted octanol–water partition coefficient (Wildman–Crippen LogP) is 2.81. The minimum atomic E-state index is -3.70. The number of hydrazine groups is 1. The molecule has 0 spiro atoms. The molecule has 4 rings (SSSR count). The van der Waals surface area contributed by atoms with E-state index in [4.69, 9.17) is 25.8 Å². The molecule has 2 aromatic heterocycles. The minimum Gasteiger partial charge on any atom is -0.481 e. The van der Waals surface area contributed by atoms with Crippen LogP contribution in [0.1, 0.15) is 50.1 Å². The zero-order valence-corrected chi connectivity index (χ0v) is 23.0. The van der Waals surface area contributed by atoms with E-state index < -0.39 is 21.2 Å². The molecule has 11 nitrogen and oxygen atoms in total. The van der Waals surface area contributed by atoms with Crippen LogP contribution in [0, 0.1) is 5.92 Å². The lowest BCUT2D eigenvalue weighted by molar-refractivity contribution is -0.0247. The van der Waals surface area contributed by atoms with E-state index in [0.717, 1.165) is 12.2 Å². The van der Waals surface area contributed by atoms with E-state index >= 15 is 0 Å². The van der Waals surface area contributed by atoms with Crippen LogP contribution in [-0.4, -0.2) is 77.1 Å². The van der Waals surface area contributed by atoms with Gasteiger partial charge in [-0.15, -0.1) is 16.6 Å². The van der Waals surface area contributed by atoms with E-state index in [1.807, 2.05) is 5.01 Å². The van der Waals surface area contributed by atoms with Gasteiger partial charge < -0.3 is 14.2 Å². The SMILES string of the molecule is COc1ncnc(OC)c1[C@@H]1CC(C2SCCN2NS(=O)(=O)[C@@H](C)[C@H](C)c2ncc(Cl)cn2)CCO1. The topological polar surface area (TPSA) is 129 Å². The highest BCUT2D eigenvalue weighted by atomic mass is 35.5. The van der Waals surface area contributed by atoms with Crippen molar-refractivity contribution in [3.05, 3.63) is 35.1 Å². The first-order chi connectivity index (χ1) is 17.2. The van der Waals surface area contributed by atoms with Gasteiger partial charge in [-0.2, -0.15) is 0 Å². The first-order valence-electron chi connectivity index (χ1n) is 11.7. The highest BCUT2D eigenvalue weighted by molar-refractivity contribution is 8.00. The Morgan fingerprint density at radius 1 is 1.17 bits per heavy atom. The second-order valence-corrected chi connectivity index (χ2v) is 12.5. The van der Waals surface area contributed by atoms with Crippen LogP contribution in [0.15, 0.2) is 18.7 Å². The van der Waals surface area contributed by atoms with Gasteiger partial charge >= 0.3 is 0 Å². The number of hydrogen-bond acceptors (Lipinski definition) is 11. The lowest BCUT2D eigenvalue weighted by Gasteiger charge is -2.37. The number of ether oxygens (including phenoxy) is 3. The molecule has 0 aliphatic carbocycles. The molecule has 2 unspecified atom stereocenters. The zero-order valence-electron chi connectivity index (χ0n) is 20.6. The van der Waals surface area contributed by atoms with Gasteiger partial charge in [-0.05, 0) is 25.7 Å². The van der Waals surface area contributed by atoms with Gasteiger partial charge in [0.2, 0.25) is 21.8 Å². The Balaban J connectivity index is 1.47. The summed E-state index contributed by atoms with van der Waals surface area (Å²) in [5.74, 6) is 1.83.